The average molecular weight is 387 g/mol. The Morgan fingerprint density at radius 2 is 2.10 bits per heavy atom. The second kappa shape index (κ2) is 8.15. The molecule has 1 aromatic rings. The molecule has 1 fully saturated rings. The number of rotatable bonds is 5. The summed E-state index contributed by atoms with van der Waals surface area (Å²) in [4.78, 5) is 0. The van der Waals surface area contributed by atoms with Crippen LogP contribution in [0.15, 0.2) is 43.0 Å². The maximum absolute atomic E-state index is 12.3. The van der Waals surface area contributed by atoms with Gasteiger partial charge in [-0.25, -0.2) is 0 Å². The monoisotopic (exact) mass is 387 g/mol. The van der Waals surface area contributed by atoms with Gasteiger partial charge in [-0.3, -0.25) is 0 Å². The summed E-state index contributed by atoms with van der Waals surface area (Å²) in [7, 11) is 1.82. The summed E-state index contributed by atoms with van der Waals surface area (Å²) in [5.74, 6) is 1.02. The Balaban J connectivity index is 0.00000200. The van der Waals surface area contributed by atoms with Gasteiger partial charge in [0.1, 0.15) is 0 Å². The van der Waals surface area contributed by atoms with Crippen molar-refractivity contribution in [1.82, 2.24) is 0 Å². The second-order valence-electron chi connectivity index (χ2n) is 5.99. The Bertz CT molecular complexity index is 405. The first-order chi connectivity index (χ1) is 9.12. The van der Waals surface area contributed by atoms with Crippen molar-refractivity contribution in [2.45, 2.75) is 31.6 Å². The van der Waals surface area contributed by atoms with Crippen molar-refractivity contribution in [3.8, 4) is 0 Å². The molecule has 0 spiro atoms. The number of hydroxylamine groups is 3. The number of benzene rings is 1. The molecule has 3 atom stereocenters. The third-order valence-corrected chi connectivity index (χ3v) is 4.31. The Hall–Kier alpha value is -0.390. The normalized spacial score (nSPS) is 27.4. The molecule has 1 aliphatic rings. The maximum Gasteiger partial charge on any atom is 0.0816 e. The molecule has 0 radical (unpaired) electrons. The highest BCUT2D eigenvalue weighted by Gasteiger charge is 2.31. The third-order valence-electron chi connectivity index (χ3n) is 4.31. The van der Waals surface area contributed by atoms with Gasteiger partial charge in [-0.05, 0) is 37.2 Å². The molecule has 3 unspecified atom stereocenters. The number of allylic oxidation sites excluding steroid dienone is 1. The van der Waals surface area contributed by atoms with Gasteiger partial charge in [0, 0.05) is 5.92 Å². The first-order valence-electron chi connectivity index (χ1n) is 7.34. The Kier molecular flexibility index (Phi) is 7.20. The number of piperidine rings is 1. The summed E-state index contributed by atoms with van der Waals surface area (Å²) in [6, 6.07) is 10.7. The van der Waals surface area contributed by atoms with E-state index in [9.17, 15) is 5.21 Å². The van der Waals surface area contributed by atoms with Gasteiger partial charge in [-0.15, -0.1) is 30.6 Å². The zero-order valence-electron chi connectivity index (χ0n) is 12.3. The van der Waals surface area contributed by atoms with E-state index in [1.165, 1.54) is 12.0 Å². The molecule has 1 saturated heterocycles. The van der Waals surface area contributed by atoms with Gasteiger partial charge in [0.2, 0.25) is 0 Å². The standard InChI is InChI=1S/C17H25NO.HI/c1-3-4-12-17(15-9-6-5-7-10-15)16-11-8-13-18(2,19)14-16;/h3,5-7,9-10,16-17H,1,4,8,11-14H2,2H3;1H. The minimum atomic E-state index is -0.0674. The first kappa shape index (κ1) is 17.7. The van der Waals surface area contributed by atoms with Crippen LogP contribution in [0.2, 0.25) is 0 Å². The van der Waals surface area contributed by atoms with Crippen molar-refractivity contribution in [3.63, 3.8) is 0 Å². The van der Waals surface area contributed by atoms with Crippen LogP contribution in [0, 0.1) is 11.1 Å². The van der Waals surface area contributed by atoms with Crippen LogP contribution in [0.25, 0.3) is 0 Å². The van der Waals surface area contributed by atoms with Crippen LogP contribution >= 0.6 is 24.0 Å². The predicted octanol–water partition coefficient (Wildman–Crippen LogP) is 4.71. The molecule has 20 heavy (non-hydrogen) atoms. The lowest BCUT2D eigenvalue weighted by atomic mass is 9.78. The molecule has 0 saturated carbocycles. The van der Waals surface area contributed by atoms with E-state index >= 15 is 0 Å². The van der Waals surface area contributed by atoms with Gasteiger partial charge in [0.15, 0.2) is 0 Å². The molecule has 0 aliphatic carbocycles. The topological polar surface area (TPSA) is 23.1 Å². The average Bonchev–Trinajstić information content (AvgIpc) is 2.39. The number of hydrogen-bond acceptors (Lipinski definition) is 1. The zero-order valence-corrected chi connectivity index (χ0v) is 14.7. The van der Waals surface area contributed by atoms with E-state index in [-0.39, 0.29) is 28.6 Å². The van der Waals surface area contributed by atoms with Crippen molar-refractivity contribution in [1.29, 1.82) is 0 Å². The summed E-state index contributed by atoms with van der Waals surface area (Å²) in [5, 5.41) is 12.3. The SMILES string of the molecule is C=CCCC(c1ccccc1)C1CCC[N+](C)([O-])C1.I. The van der Waals surface area contributed by atoms with E-state index in [4.69, 9.17) is 0 Å². The highest BCUT2D eigenvalue weighted by Crippen LogP contribution is 2.36. The molecule has 0 N–H and O–H groups in total. The Labute approximate surface area is 140 Å². The van der Waals surface area contributed by atoms with Crippen molar-refractivity contribution in [2.24, 2.45) is 5.92 Å². The van der Waals surface area contributed by atoms with E-state index in [0.29, 0.717) is 11.8 Å². The number of halogens is 1. The van der Waals surface area contributed by atoms with E-state index in [0.717, 1.165) is 32.4 Å². The molecule has 1 aliphatic heterocycles. The number of hydrogen-bond donors (Lipinski definition) is 0. The molecule has 0 aromatic heterocycles. The molecule has 0 bridgehead atoms. The molecule has 3 heteroatoms. The number of likely N-dealkylation sites (tertiary alicyclic amines) is 1. The summed E-state index contributed by atoms with van der Waals surface area (Å²) in [6.45, 7) is 5.37. The van der Waals surface area contributed by atoms with Crippen LogP contribution in [0.3, 0.4) is 0 Å². The van der Waals surface area contributed by atoms with Gasteiger partial charge in [0.05, 0.1) is 20.1 Å². The third kappa shape index (κ3) is 4.86. The first-order valence-corrected chi connectivity index (χ1v) is 7.34. The zero-order chi connectivity index (χ0) is 13.7. The van der Waals surface area contributed by atoms with Gasteiger partial charge in [0.25, 0.3) is 0 Å². The largest absolute Gasteiger partial charge is 0.633 e. The smallest absolute Gasteiger partial charge is 0.0816 e. The van der Waals surface area contributed by atoms with Crippen molar-refractivity contribution in [3.05, 3.63) is 53.8 Å². The van der Waals surface area contributed by atoms with E-state index in [2.05, 4.69) is 36.9 Å². The molecule has 0 amide bonds. The lowest BCUT2D eigenvalue weighted by Gasteiger charge is -2.46. The van der Waals surface area contributed by atoms with Crippen LogP contribution in [0.1, 0.15) is 37.2 Å². The summed E-state index contributed by atoms with van der Waals surface area (Å²) in [5.41, 5.74) is 1.39. The van der Waals surface area contributed by atoms with Crippen LogP contribution in [0.4, 0.5) is 0 Å². The minimum Gasteiger partial charge on any atom is -0.633 e. The highest BCUT2D eigenvalue weighted by atomic mass is 127. The summed E-state index contributed by atoms with van der Waals surface area (Å²) < 4.78 is -0.0674. The fraction of sp³-hybridized carbons (Fsp3) is 0.529. The lowest BCUT2D eigenvalue weighted by molar-refractivity contribution is -0.870. The van der Waals surface area contributed by atoms with E-state index in [1.807, 2.05) is 13.1 Å². The maximum atomic E-state index is 12.3. The van der Waals surface area contributed by atoms with E-state index < -0.39 is 0 Å². The predicted molar refractivity (Wildman–Crippen MR) is 96.0 cm³/mol. The van der Waals surface area contributed by atoms with Crippen LogP contribution < -0.4 is 0 Å². The lowest BCUT2D eigenvalue weighted by Crippen LogP contribution is -2.47. The van der Waals surface area contributed by atoms with Gasteiger partial charge >= 0.3 is 0 Å². The van der Waals surface area contributed by atoms with Crippen molar-refractivity contribution in [2.75, 3.05) is 20.1 Å². The molecular formula is C17H26INO. The fourth-order valence-electron chi connectivity index (χ4n) is 3.37. The molecule has 2 rings (SSSR count). The molecule has 1 aromatic carbocycles. The number of quaternary nitrogens is 1. The van der Waals surface area contributed by atoms with Crippen LogP contribution in [-0.2, 0) is 0 Å². The van der Waals surface area contributed by atoms with Gasteiger partial charge < -0.3 is 9.85 Å². The number of nitrogens with zero attached hydrogens (tertiary/aromatic N) is 1. The van der Waals surface area contributed by atoms with Crippen molar-refractivity contribution >= 4 is 24.0 Å². The van der Waals surface area contributed by atoms with E-state index in [1.54, 1.807) is 0 Å². The molecule has 112 valence electrons. The van der Waals surface area contributed by atoms with Crippen LogP contribution in [-0.4, -0.2) is 24.8 Å². The Morgan fingerprint density at radius 1 is 1.40 bits per heavy atom. The Morgan fingerprint density at radius 3 is 2.70 bits per heavy atom. The summed E-state index contributed by atoms with van der Waals surface area (Å²) in [6.07, 6.45) is 6.37. The minimum absolute atomic E-state index is 0. The molecule has 2 nitrogen and oxygen atoms in total. The summed E-state index contributed by atoms with van der Waals surface area (Å²) >= 11 is 0. The van der Waals surface area contributed by atoms with Crippen molar-refractivity contribution < 1.29 is 4.65 Å². The van der Waals surface area contributed by atoms with Crippen LogP contribution in [0.5, 0.6) is 0 Å². The quantitative estimate of drug-likeness (QED) is 0.311. The molecule has 1 heterocycles. The second-order valence-corrected chi connectivity index (χ2v) is 5.99. The fourth-order valence-corrected chi connectivity index (χ4v) is 3.37. The van der Waals surface area contributed by atoms with Gasteiger partial charge in [-0.2, -0.15) is 0 Å². The molecular weight excluding hydrogens is 361 g/mol. The van der Waals surface area contributed by atoms with Gasteiger partial charge in [-0.1, -0.05) is 36.4 Å². The highest BCUT2D eigenvalue weighted by molar-refractivity contribution is 14.0.